The monoisotopic (exact) mass is 267 g/mol. The Kier molecular flexibility index (Phi) is 3.10. The Bertz CT molecular complexity index is 750. The molecule has 0 radical (unpaired) electrons. The van der Waals surface area contributed by atoms with Gasteiger partial charge in [0.15, 0.2) is 0 Å². The van der Waals surface area contributed by atoms with E-state index in [1.54, 1.807) is 30.3 Å². The van der Waals surface area contributed by atoms with Crippen LogP contribution in [0, 0.1) is 0 Å². The third-order valence-corrected chi connectivity index (χ3v) is 3.40. The van der Waals surface area contributed by atoms with Crippen molar-refractivity contribution in [2.75, 3.05) is 11.5 Å². The minimum atomic E-state index is -3.62. The molecule has 7 heteroatoms. The first kappa shape index (κ1) is 12.6. The van der Waals surface area contributed by atoms with Gasteiger partial charge in [0.05, 0.1) is 5.75 Å². The summed E-state index contributed by atoms with van der Waals surface area (Å²) in [7, 11) is -3.62. The SMILES string of the molecule is Nc1cc2ccccc2c(=O)n1CCS(N)(=O)=O. The molecule has 0 bridgehead atoms. The molecule has 2 aromatic rings. The van der Waals surface area contributed by atoms with E-state index in [1.165, 1.54) is 4.57 Å². The molecule has 0 atom stereocenters. The van der Waals surface area contributed by atoms with E-state index in [4.69, 9.17) is 10.9 Å². The van der Waals surface area contributed by atoms with Gasteiger partial charge >= 0.3 is 0 Å². The summed E-state index contributed by atoms with van der Waals surface area (Å²) in [6, 6.07) is 8.63. The van der Waals surface area contributed by atoms with Gasteiger partial charge in [-0.1, -0.05) is 18.2 Å². The van der Waals surface area contributed by atoms with Crippen LogP contribution in [0.4, 0.5) is 5.82 Å². The van der Waals surface area contributed by atoms with Crippen molar-refractivity contribution in [1.82, 2.24) is 4.57 Å². The minimum Gasteiger partial charge on any atom is -0.385 e. The van der Waals surface area contributed by atoms with Gasteiger partial charge in [0.2, 0.25) is 10.0 Å². The van der Waals surface area contributed by atoms with Gasteiger partial charge in [-0.3, -0.25) is 9.36 Å². The third kappa shape index (κ3) is 2.52. The van der Waals surface area contributed by atoms with Crippen molar-refractivity contribution in [2.24, 2.45) is 5.14 Å². The number of aromatic nitrogens is 1. The average Bonchev–Trinajstić information content (AvgIpc) is 2.27. The molecule has 0 aliphatic carbocycles. The van der Waals surface area contributed by atoms with E-state index in [2.05, 4.69) is 0 Å². The van der Waals surface area contributed by atoms with Crippen molar-refractivity contribution in [1.29, 1.82) is 0 Å². The summed E-state index contributed by atoms with van der Waals surface area (Å²) >= 11 is 0. The van der Waals surface area contributed by atoms with Crippen LogP contribution >= 0.6 is 0 Å². The Morgan fingerprint density at radius 1 is 1.22 bits per heavy atom. The summed E-state index contributed by atoms with van der Waals surface area (Å²) in [5, 5.41) is 6.14. The topological polar surface area (TPSA) is 108 Å². The molecule has 96 valence electrons. The highest BCUT2D eigenvalue weighted by Gasteiger charge is 2.09. The third-order valence-electron chi connectivity index (χ3n) is 2.65. The van der Waals surface area contributed by atoms with Crippen LogP contribution in [0.25, 0.3) is 10.8 Å². The molecule has 0 amide bonds. The fraction of sp³-hybridized carbons (Fsp3) is 0.182. The maximum Gasteiger partial charge on any atom is 0.260 e. The van der Waals surface area contributed by atoms with Gasteiger partial charge in [0.1, 0.15) is 5.82 Å². The van der Waals surface area contributed by atoms with E-state index in [1.807, 2.05) is 0 Å². The summed E-state index contributed by atoms with van der Waals surface area (Å²) in [6.07, 6.45) is 0. The summed E-state index contributed by atoms with van der Waals surface area (Å²) in [5.41, 5.74) is 5.43. The van der Waals surface area contributed by atoms with Crippen molar-refractivity contribution in [3.05, 3.63) is 40.7 Å². The fourth-order valence-electron chi connectivity index (χ4n) is 1.77. The molecule has 0 aliphatic rings. The molecule has 0 spiro atoms. The molecule has 18 heavy (non-hydrogen) atoms. The van der Waals surface area contributed by atoms with Crippen LogP contribution in [0.5, 0.6) is 0 Å². The zero-order valence-corrected chi connectivity index (χ0v) is 10.4. The number of nitrogens with two attached hydrogens (primary N) is 2. The van der Waals surface area contributed by atoms with Gasteiger partial charge in [0.25, 0.3) is 5.56 Å². The van der Waals surface area contributed by atoms with E-state index in [0.717, 1.165) is 5.39 Å². The molecule has 0 aliphatic heterocycles. The molecule has 0 saturated carbocycles. The number of fused-ring (bicyclic) bond motifs is 1. The Morgan fingerprint density at radius 3 is 2.56 bits per heavy atom. The van der Waals surface area contributed by atoms with Gasteiger partial charge in [-0.05, 0) is 17.5 Å². The number of nitrogens with zero attached hydrogens (tertiary/aromatic N) is 1. The van der Waals surface area contributed by atoms with E-state index in [9.17, 15) is 13.2 Å². The van der Waals surface area contributed by atoms with Crippen LogP contribution in [0.1, 0.15) is 0 Å². The van der Waals surface area contributed by atoms with Crippen molar-refractivity contribution in [2.45, 2.75) is 6.54 Å². The van der Waals surface area contributed by atoms with Crippen molar-refractivity contribution < 1.29 is 8.42 Å². The smallest absolute Gasteiger partial charge is 0.260 e. The summed E-state index contributed by atoms with van der Waals surface area (Å²) in [5.74, 6) is -0.0996. The van der Waals surface area contributed by atoms with Gasteiger partial charge in [-0.2, -0.15) is 0 Å². The van der Waals surface area contributed by atoms with Crippen LogP contribution in [-0.2, 0) is 16.6 Å². The number of sulfonamides is 1. The maximum absolute atomic E-state index is 12.1. The first-order valence-corrected chi connectivity index (χ1v) is 6.98. The highest BCUT2D eigenvalue weighted by molar-refractivity contribution is 7.89. The van der Waals surface area contributed by atoms with E-state index in [0.29, 0.717) is 5.39 Å². The van der Waals surface area contributed by atoms with E-state index < -0.39 is 10.0 Å². The Morgan fingerprint density at radius 2 is 1.89 bits per heavy atom. The molecule has 0 fully saturated rings. The van der Waals surface area contributed by atoms with Gasteiger partial charge in [0, 0.05) is 11.9 Å². The summed E-state index contributed by atoms with van der Waals surface area (Å²) < 4.78 is 23.0. The van der Waals surface area contributed by atoms with Crippen LogP contribution in [-0.4, -0.2) is 18.7 Å². The number of hydrogen-bond donors (Lipinski definition) is 2. The second-order valence-corrected chi connectivity index (χ2v) is 5.71. The number of nitrogen functional groups attached to an aromatic ring is 1. The lowest BCUT2D eigenvalue weighted by Gasteiger charge is -2.10. The highest BCUT2D eigenvalue weighted by Crippen LogP contribution is 2.13. The quantitative estimate of drug-likeness (QED) is 0.807. The molecule has 6 nitrogen and oxygen atoms in total. The molecular formula is C11H13N3O3S. The molecule has 4 N–H and O–H groups in total. The maximum atomic E-state index is 12.1. The normalized spacial score (nSPS) is 11.8. The fourth-order valence-corrected chi connectivity index (χ4v) is 2.20. The number of benzene rings is 1. The number of hydrogen-bond acceptors (Lipinski definition) is 4. The van der Waals surface area contributed by atoms with Gasteiger partial charge in [-0.25, -0.2) is 13.6 Å². The average molecular weight is 267 g/mol. The number of anilines is 1. The van der Waals surface area contributed by atoms with E-state index in [-0.39, 0.29) is 23.7 Å². The number of rotatable bonds is 3. The predicted molar refractivity (Wildman–Crippen MR) is 70.6 cm³/mol. The molecule has 1 aromatic heterocycles. The van der Waals surface area contributed by atoms with Crippen molar-refractivity contribution in [3.63, 3.8) is 0 Å². The summed E-state index contributed by atoms with van der Waals surface area (Å²) in [6.45, 7) is -0.0473. The molecule has 1 heterocycles. The molecule has 0 saturated heterocycles. The lowest BCUT2D eigenvalue weighted by Crippen LogP contribution is -2.28. The lowest BCUT2D eigenvalue weighted by atomic mass is 10.1. The predicted octanol–water partition coefficient (Wildman–Crippen LogP) is -0.128. The Hall–Kier alpha value is -1.86. The van der Waals surface area contributed by atoms with Crippen LogP contribution in [0.3, 0.4) is 0 Å². The van der Waals surface area contributed by atoms with Crippen LogP contribution in [0.15, 0.2) is 35.1 Å². The standard InChI is InChI=1S/C11H13N3O3S/c12-10-7-8-3-1-2-4-9(8)11(15)14(10)5-6-18(13,16)17/h1-4,7H,5-6,12H2,(H2,13,16,17). The Balaban J connectivity index is 2.54. The minimum absolute atomic E-state index is 0.0473. The zero-order chi connectivity index (χ0) is 13.3. The van der Waals surface area contributed by atoms with Crippen molar-refractivity contribution >= 4 is 26.6 Å². The number of primary sulfonamides is 1. The first-order valence-electron chi connectivity index (χ1n) is 5.27. The van der Waals surface area contributed by atoms with E-state index >= 15 is 0 Å². The highest BCUT2D eigenvalue weighted by atomic mass is 32.2. The molecule has 1 aromatic carbocycles. The molecule has 0 unspecified atom stereocenters. The Labute approximate surface area is 104 Å². The lowest BCUT2D eigenvalue weighted by molar-refractivity contribution is 0.590. The van der Waals surface area contributed by atoms with Gasteiger partial charge < -0.3 is 5.73 Å². The zero-order valence-electron chi connectivity index (χ0n) is 9.54. The number of pyridine rings is 1. The summed E-state index contributed by atoms with van der Waals surface area (Å²) in [4.78, 5) is 12.1. The van der Waals surface area contributed by atoms with Gasteiger partial charge in [-0.15, -0.1) is 0 Å². The largest absolute Gasteiger partial charge is 0.385 e. The first-order chi connectivity index (χ1) is 8.38. The van der Waals surface area contributed by atoms with Crippen LogP contribution in [0.2, 0.25) is 0 Å². The van der Waals surface area contributed by atoms with Crippen molar-refractivity contribution in [3.8, 4) is 0 Å². The second kappa shape index (κ2) is 4.43. The molecular weight excluding hydrogens is 254 g/mol. The second-order valence-electron chi connectivity index (χ2n) is 3.98. The molecule has 2 rings (SSSR count). The van der Waals surface area contributed by atoms with Crippen LogP contribution < -0.4 is 16.4 Å².